The Balaban J connectivity index is 1.50. The van der Waals surface area contributed by atoms with Gasteiger partial charge in [0.15, 0.2) is 0 Å². The number of piperazine rings is 1. The summed E-state index contributed by atoms with van der Waals surface area (Å²) < 4.78 is 13.1. The number of rotatable bonds is 3. The van der Waals surface area contributed by atoms with E-state index in [1.165, 1.54) is 12.1 Å². The molecule has 1 unspecified atom stereocenters. The van der Waals surface area contributed by atoms with Gasteiger partial charge in [0.25, 0.3) is 0 Å². The Bertz CT molecular complexity index is 780. The summed E-state index contributed by atoms with van der Waals surface area (Å²) in [7, 11) is 2.06. The Morgan fingerprint density at radius 3 is 2.50 bits per heavy atom. The third-order valence-electron chi connectivity index (χ3n) is 5.73. The highest BCUT2D eigenvalue weighted by molar-refractivity contribution is 5.96. The van der Waals surface area contributed by atoms with Crippen molar-refractivity contribution in [2.24, 2.45) is 0 Å². The standard InChI is InChI=1S/C21H24FN3O/c1-23-14-20(26)25(19-5-3-2-4-6-19)16-21(23)11-12-24(15-21)13-17-7-9-18(22)10-8-17/h2-10H,11-16H2,1H3. The molecule has 1 atom stereocenters. The van der Waals surface area contributed by atoms with Gasteiger partial charge in [0.1, 0.15) is 5.82 Å². The second-order valence-corrected chi connectivity index (χ2v) is 7.48. The van der Waals surface area contributed by atoms with Gasteiger partial charge in [-0.2, -0.15) is 0 Å². The van der Waals surface area contributed by atoms with Crippen molar-refractivity contribution in [3.05, 3.63) is 66.0 Å². The molecule has 2 aromatic carbocycles. The Morgan fingerprint density at radius 2 is 1.77 bits per heavy atom. The van der Waals surface area contributed by atoms with E-state index in [-0.39, 0.29) is 17.3 Å². The molecular formula is C21H24FN3O. The molecule has 0 aliphatic carbocycles. The lowest BCUT2D eigenvalue weighted by atomic mass is 9.92. The van der Waals surface area contributed by atoms with E-state index < -0.39 is 0 Å². The lowest BCUT2D eigenvalue weighted by Crippen LogP contribution is -2.64. The van der Waals surface area contributed by atoms with E-state index in [0.717, 1.165) is 37.3 Å². The van der Waals surface area contributed by atoms with Crippen molar-refractivity contribution in [2.75, 3.05) is 38.1 Å². The Kier molecular flexibility index (Phi) is 4.51. The summed E-state index contributed by atoms with van der Waals surface area (Å²) >= 11 is 0. The lowest BCUT2D eigenvalue weighted by molar-refractivity contribution is -0.123. The molecule has 2 aromatic rings. The van der Waals surface area contributed by atoms with Gasteiger partial charge in [-0.1, -0.05) is 30.3 Å². The minimum absolute atomic E-state index is 0.0240. The van der Waals surface area contributed by atoms with E-state index >= 15 is 0 Å². The zero-order valence-corrected chi connectivity index (χ0v) is 15.1. The molecule has 2 aliphatic rings. The van der Waals surface area contributed by atoms with Gasteiger partial charge in [-0.25, -0.2) is 4.39 Å². The summed E-state index contributed by atoms with van der Waals surface area (Å²) in [5.41, 5.74) is 2.07. The van der Waals surface area contributed by atoms with Crippen molar-refractivity contribution in [1.29, 1.82) is 0 Å². The maximum absolute atomic E-state index is 13.1. The molecule has 26 heavy (non-hydrogen) atoms. The molecule has 2 heterocycles. The SMILES string of the molecule is CN1CC(=O)N(c2ccccc2)CC12CCN(Cc1ccc(F)cc1)C2. The van der Waals surface area contributed by atoms with Gasteiger partial charge in [0.2, 0.25) is 5.91 Å². The van der Waals surface area contributed by atoms with E-state index in [1.54, 1.807) is 0 Å². The van der Waals surface area contributed by atoms with E-state index in [1.807, 2.05) is 47.4 Å². The van der Waals surface area contributed by atoms with E-state index in [9.17, 15) is 9.18 Å². The van der Waals surface area contributed by atoms with E-state index in [0.29, 0.717) is 13.1 Å². The number of carbonyl (C=O) groups is 1. The number of likely N-dealkylation sites (N-methyl/N-ethyl adjacent to an activating group) is 1. The third-order valence-corrected chi connectivity index (χ3v) is 5.73. The predicted molar refractivity (Wildman–Crippen MR) is 100 cm³/mol. The summed E-state index contributed by atoms with van der Waals surface area (Å²) in [6.07, 6.45) is 1.03. The minimum Gasteiger partial charge on any atom is -0.309 e. The summed E-state index contributed by atoms with van der Waals surface area (Å²) in [5.74, 6) is -0.0445. The number of likely N-dealkylation sites (tertiary alicyclic amines) is 1. The molecule has 0 N–H and O–H groups in total. The smallest absolute Gasteiger partial charge is 0.241 e. The Morgan fingerprint density at radius 1 is 1.04 bits per heavy atom. The minimum atomic E-state index is -0.198. The van der Waals surface area contributed by atoms with Gasteiger partial charge in [0, 0.05) is 31.9 Å². The normalized spacial score (nSPS) is 24.5. The highest BCUT2D eigenvalue weighted by Crippen LogP contribution is 2.33. The first-order chi connectivity index (χ1) is 12.6. The second kappa shape index (κ2) is 6.82. The summed E-state index contributed by atoms with van der Waals surface area (Å²) in [4.78, 5) is 19.1. The van der Waals surface area contributed by atoms with Gasteiger partial charge < -0.3 is 4.90 Å². The van der Waals surface area contributed by atoms with Gasteiger partial charge in [-0.15, -0.1) is 0 Å². The average molecular weight is 353 g/mol. The zero-order valence-electron chi connectivity index (χ0n) is 15.1. The maximum atomic E-state index is 13.1. The van der Waals surface area contributed by atoms with Crippen molar-refractivity contribution in [1.82, 2.24) is 9.80 Å². The number of nitrogens with zero attached hydrogens (tertiary/aromatic N) is 3. The fourth-order valence-electron chi connectivity index (χ4n) is 4.17. The van der Waals surface area contributed by atoms with Crippen molar-refractivity contribution in [3.63, 3.8) is 0 Å². The number of anilines is 1. The quantitative estimate of drug-likeness (QED) is 0.849. The Labute approximate surface area is 153 Å². The first kappa shape index (κ1) is 17.2. The second-order valence-electron chi connectivity index (χ2n) is 7.48. The summed E-state index contributed by atoms with van der Waals surface area (Å²) in [6, 6.07) is 16.7. The van der Waals surface area contributed by atoms with Gasteiger partial charge in [-0.05, 0) is 43.3 Å². The molecule has 2 fully saturated rings. The molecule has 2 saturated heterocycles. The first-order valence-electron chi connectivity index (χ1n) is 9.09. The molecule has 0 bridgehead atoms. The fourth-order valence-corrected chi connectivity index (χ4v) is 4.17. The van der Waals surface area contributed by atoms with Crippen molar-refractivity contribution in [2.45, 2.75) is 18.5 Å². The van der Waals surface area contributed by atoms with Crippen molar-refractivity contribution < 1.29 is 9.18 Å². The number of hydrogen-bond donors (Lipinski definition) is 0. The van der Waals surface area contributed by atoms with Crippen LogP contribution in [0.25, 0.3) is 0 Å². The highest BCUT2D eigenvalue weighted by atomic mass is 19.1. The molecule has 0 radical (unpaired) electrons. The molecule has 136 valence electrons. The average Bonchev–Trinajstić information content (AvgIpc) is 3.05. The van der Waals surface area contributed by atoms with Crippen LogP contribution in [0.15, 0.2) is 54.6 Å². The number of carbonyl (C=O) groups excluding carboxylic acids is 1. The highest BCUT2D eigenvalue weighted by Gasteiger charge is 2.47. The summed E-state index contributed by atoms with van der Waals surface area (Å²) in [5, 5.41) is 0. The fraction of sp³-hybridized carbons (Fsp3) is 0.381. The van der Waals surface area contributed by atoms with Crippen LogP contribution in [0.3, 0.4) is 0 Å². The van der Waals surface area contributed by atoms with Crippen LogP contribution in [0.2, 0.25) is 0 Å². The van der Waals surface area contributed by atoms with Crippen LogP contribution in [0.5, 0.6) is 0 Å². The molecule has 1 amide bonds. The predicted octanol–water partition coefficient (Wildman–Crippen LogP) is 2.75. The van der Waals surface area contributed by atoms with Crippen LogP contribution in [-0.4, -0.2) is 54.5 Å². The van der Waals surface area contributed by atoms with Crippen molar-refractivity contribution in [3.8, 4) is 0 Å². The molecular weight excluding hydrogens is 329 g/mol. The zero-order chi connectivity index (χ0) is 18.1. The van der Waals surface area contributed by atoms with Crippen LogP contribution in [-0.2, 0) is 11.3 Å². The lowest BCUT2D eigenvalue weighted by Gasteiger charge is -2.47. The number of para-hydroxylation sites is 1. The van der Waals surface area contributed by atoms with Crippen LogP contribution >= 0.6 is 0 Å². The molecule has 5 heteroatoms. The molecule has 2 aliphatic heterocycles. The largest absolute Gasteiger partial charge is 0.309 e. The van der Waals surface area contributed by atoms with Gasteiger partial charge in [-0.3, -0.25) is 14.6 Å². The molecule has 1 spiro atoms. The van der Waals surface area contributed by atoms with E-state index in [2.05, 4.69) is 16.8 Å². The third kappa shape index (κ3) is 3.24. The van der Waals surface area contributed by atoms with Gasteiger partial charge >= 0.3 is 0 Å². The molecule has 0 aromatic heterocycles. The topological polar surface area (TPSA) is 26.8 Å². The monoisotopic (exact) mass is 353 g/mol. The van der Waals surface area contributed by atoms with Crippen LogP contribution in [0.4, 0.5) is 10.1 Å². The van der Waals surface area contributed by atoms with Crippen molar-refractivity contribution >= 4 is 11.6 Å². The molecule has 0 saturated carbocycles. The number of benzene rings is 2. The van der Waals surface area contributed by atoms with Crippen LogP contribution < -0.4 is 4.90 Å². The Hall–Kier alpha value is -2.24. The molecule has 4 rings (SSSR count). The van der Waals surface area contributed by atoms with Gasteiger partial charge in [0.05, 0.1) is 12.1 Å². The van der Waals surface area contributed by atoms with E-state index in [4.69, 9.17) is 0 Å². The number of halogens is 1. The maximum Gasteiger partial charge on any atom is 0.241 e. The summed E-state index contributed by atoms with van der Waals surface area (Å²) in [6.45, 7) is 3.87. The first-order valence-corrected chi connectivity index (χ1v) is 9.09. The molecule has 4 nitrogen and oxygen atoms in total. The van der Waals surface area contributed by atoms with Crippen LogP contribution in [0.1, 0.15) is 12.0 Å². The number of hydrogen-bond acceptors (Lipinski definition) is 3. The number of amides is 1. The van der Waals surface area contributed by atoms with Crippen LogP contribution in [0, 0.1) is 5.82 Å².